The highest BCUT2D eigenvalue weighted by molar-refractivity contribution is 5.39. The normalized spacial score (nSPS) is 10.7. The Bertz CT molecular complexity index is 572. The number of anilines is 2. The minimum atomic E-state index is -0.174. The van der Waals surface area contributed by atoms with E-state index >= 15 is 0 Å². The van der Waals surface area contributed by atoms with Crippen LogP contribution in [0.1, 0.15) is 19.4 Å². The van der Waals surface area contributed by atoms with Crippen LogP contribution in [0.2, 0.25) is 0 Å². The molecule has 21 heavy (non-hydrogen) atoms. The molecule has 2 rings (SSSR count). The smallest absolute Gasteiger partial charge is 0.224 e. The van der Waals surface area contributed by atoms with Gasteiger partial charge in [-0.05, 0) is 30.0 Å². The van der Waals surface area contributed by atoms with Gasteiger partial charge in [0.05, 0.1) is 0 Å². The number of benzene rings is 1. The van der Waals surface area contributed by atoms with Gasteiger partial charge in [-0.2, -0.15) is 4.98 Å². The summed E-state index contributed by atoms with van der Waals surface area (Å²) in [5.74, 6) is 1.73. The summed E-state index contributed by atoms with van der Waals surface area (Å²) in [6, 6.07) is 8.63. The summed E-state index contributed by atoms with van der Waals surface area (Å²) in [5.41, 5.74) is 0.694. The molecule has 0 atom stereocenters. The van der Waals surface area contributed by atoms with Crippen LogP contribution in [0, 0.1) is 11.7 Å². The van der Waals surface area contributed by atoms with Crippen molar-refractivity contribution in [1.29, 1.82) is 0 Å². The molecule has 112 valence electrons. The third-order valence-electron chi connectivity index (χ3n) is 2.98. The molecule has 0 spiro atoms. The zero-order valence-corrected chi connectivity index (χ0v) is 12.4. The van der Waals surface area contributed by atoms with Crippen molar-refractivity contribution in [1.82, 2.24) is 9.97 Å². The standard InChI is InChI=1S/C16H21FN4/c1-12(2)11-20-15-8-10-19-16(21-15)18-9-7-13-5-3-4-6-14(13)17/h3-6,8,10,12H,7,9,11H2,1-2H3,(H2,18,19,20,21). The molecular weight excluding hydrogens is 267 g/mol. The highest BCUT2D eigenvalue weighted by Crippen LogP contribution is 2.09. The van der Waals surface area contributed by atoms with Gasteiger partial charge in [-0.15, -0.1) is 0 Å². The lowest BCUT2D eigenvalue weighted by Gasteiger charge is -2.10. The summed E-state index contributed by atoms with van der Waals surface area (Å²) in [7, 11) is 0. The average Bonchev–Trinajstić information content (AvgIpc) is 2.48. The molecule has 0 radical (unpaired) electrons. The van der Waals surface area contributed by atoms with E-state index in [4.69, 9.17) is 0 Å². The molecule has 0 unspecified atom stereocenters. The van der Waals surface area contributed by atoms with Crippen molar-refractivity contribution < 1.29 is 4.39 Å². The van der Waals surface area contributed by atoms with Crippen molar-refractivity contribution in [2.45, 2.75) is 20.3 Å². The van der Waals surface area contributed by atoms with Crippen LogP contribution < -0.4 is 10.6 Å². The number of halogens is 1. The van der Waals surface area contributed by atoms with Gasteiger partial charge in [0.15, 0.2) is 0 Å². The third-order valence-corrected chi connectivity index (χ3v) is 2.98. The second-order valence-corrected chi connectivity index (χ2v) is 5.31. The van der Waals surface area contributed by atoms with Gasteiger partial charge in [0.25, 0.3) is 0 Å². The lowest BCUT2D eigenvalue weighted by atomic mass is 10.1. The second kappa shape index (κ2) is 7.57. The van der Waals surface area contributed by atoms with Gasteiger partial charge in [0, 0.05) is 19.3 Å². The largest absolute Gasteiger partial charge is 0.370 e. The summed E-state index contributed by atoms with van der Waals surface area (Å²) >= 11 is 0. The fraction of sp³-hybridized carbons (Fsp3) is 0.375. The van der Waals surface area contributed by atoms with Gasteiger partial charge in [0.2, 0.25) is 5.95 Å². The van der Waals surface area contributed by atoms with Crippen LogP contribution in [0.3, 0.4) is 0 Å². The van der Waals surface area contributed by atoms with Crippen molar-refractivity contribution in [3.63, 3.8) is 0 Å². The Morgan fingerprint density at radius 3 is 2.71 bits per heavy atom. The van der Waals surface area contributed by atoms with Crippen LogP contribution in [0.4, 0.5) is 16.2 Å². The number of hydrogen-bond donors (Lipinski definition) is 2. The maximum absolute atomic E-state index is 13.5. The highest BCUT2D eigenvalue weighted by Gasteiger charge is 2.02. The van der Waals surface area contributed by atoms with E-state index in [1.54, 1.807) is 18.3 Å². The molecule has 1 aromatic heterocycles. The van der Waals surface area contributed by atoms with Crippen molar-refractivity contribution >= 4 is 11.8 Å². The Morgan fingerprint density at radius 2 is 1.95 bits per heavy atom. The summed E-state index contributed by atoms with van der Waals surface area (Å²) in [6.45, 7) is 5.74. The molecule has 0 saturated carbocycles. The maximum atomic E-state index is 13.5. The third kappa shape index (κ3) is 5.02. The van der Waals surface area contributed by atoms with Crippen LogP contribution in [-0.4, -0.2) is 23.1 Å². The Morgan fingerprint density at radius 1 is 1.14 bits per heavy atom. The molecule has 0 aliphatic rings. The summed E-state index contributed by atoms with van der Waals surface area (Å²) < 4.78 is 13.5. The Hall–Kier alpha value is -2.17. The summed E-state index contributed by atoms with van der Waals surface area (Å²) in [6.07, 6.45) is 2.31. The SMILES string of the molecule is CC(C)CNc1ccnc(NCCc2ccccc2F)n1. The van der Waals surface area contributed by atoms with E-state index in [-0.39, 0.29) is 5.82 Å². The molecule has 5 heteroatoms. The van der Waals surface area contributed by atoms with E-state index in [2.05, 4.69) is 34.4 Å². The first-order valence-electron chi connectivity index (χ1n) is 7.19. The summed E-state index contributed by atoms with van der Waals surface area (Å²) in [5, 5.41) is 6.37. The Labute approximate surface area is 124 Å². The zero-order chi connectivity index (χ0) is 15.1. The number of hydrogen-bond acceptors (Lipinski definition) is 4. The lowest BCUT2D eigenvalue weighted by molar-refractivity contribution is 0.610. The number of nitrogens with zero attached hydrogens (tertiary/aromatic N) is 2. The first-order chi connectivity index (χ1) is 10.1. The van der Waals surface area contributed by atoms with E-state index in [0.717, 1.165) is 12.4 Å². The van der Waals surface area contributed by atoms with Crippen LogP contribution in [0.15, 0.2) is 36.5 Å². The number of nitrogens with one attached hydrogen (secondary N) is 2. The fourth-order valence-electron chi connectivity index (χ4n) is 1.86. The quantitative estimate of drug-likeness (QED) is 0.820. The molecule has 0 fully saturated rings. The first kappa shape index (κ1) is 15.2. The average molecular weight is 288 g/mol. The van der Waals surface area contributed by atoms with Crippen molar-refractivity contribution in [3.05, 3.63) is 47.9 Å². The van der Waals surface area contributed by atoms with E-state index in [1.165, 1.54) is 6.07 Å². The zero-order valence-electron chi connectivity index (χ0n) is 12.4. The Kier molecular flexibility index (Phi) is 5.49. The Balaban J connectivity index is 1.86. The second-order valence-electron chi connectivity index (χ2n) is 5.31. The van der Waals surface area contributed by atoms with Crippen LogP contribution >= 0.6 is 0 Å². The van der Waals surface area contributed by atoms with Crippen LogP contribution in [0.5, 0.6) is 0 Å². The van der Waals surface area contributed by atoms with Gasteiger partial charge < -0.3 is 10.6 Å². The van der Waals surface area contributed by atoms with Gasteiger partial charge in [0.1, 0.15) is 11.6 Å². The lowest BCUT2D eigenvalue weighted by Crippen LogP contribution is -2.12. The van der Waals surface area contributed by atoms with E-state index in [1.807, 2.05) is 12.1 Å². The highest BCUT2D eigenvalue weighted by atomic mass is 19.1. The van der Waals surface area contributed by atoms with Crippen molar-refractivity contribution in [3.8, 4) is 0 Å². The topological polar surface area (TPSA) is 49.8 Å². The summed E-state index contributed by atoms with van der Waals surface area (Å²) in [4.78, 5) is 8.54. The van der Waals surface area contributed by atoms with Crippen molar-refractivity contribution in [2.75, 3.05) is 23.7 Å². The monoisotopic (exact) mass is 288 g/mol. The molecule has 0 bridgehead atoms. The predicted molar refractivity (Wildman–Crippen MR) is 84.0 cm³/mol. The minimum Gasteiger partial charge on any atom is -0.370 e. The molecule has 1 aromatic carbocycles. The molecule has 0 aliphatic heterocycles. The number of aromatic nitrogens is 2. The minimum absolute atomic E-state index is 0.174. The van der Waals surface area contributed by atoms with Crippen LogP contribution in [-0.2, 0) is 6.42 Å². The van der Waals surface area contributed by atoms with E-state index in [9.17, 15) is 4.39 Å². The first-order valence-corrected chi connectivity index (χ1v) is 7.19. The molecule has 0 amide bonds. The molecule has 0 aliphatic carbocycles. The molecule has 2 aromatic rings. The van der Waals surface area contributed by atoms with Crippen molar-refractivity contribution in [2.24, 2.45) is 5.92 Å². The molecule has 0 saturated heterocycles. The van der Waals surface area contributed by atoms with Gasteiger partial charge in [-0.25, -0.2) is 9.37 Å². The van der Waals surface area contributed by atoms with Crippen LogP contribution in [0.25, 0.3) is 0 Å². The van der Waals surface area contributed by atoms with E-state index < -0.39 is 0 Å². The predicted octanol–water partition coefficient (Wildman–Crippen LogP) is 3.34. The van der Waals surface area contributed by atoms with Gasteiger partial charge in [-0.1, -0.05) is 32.0 Å². The van der Waals surface area contributed by atoms with Gasteiger partial charge >= 0.3 is 0 Å². The molecule has 2 N–H and O–H groups in total. The molecular formula is C16H21FN4. The maximum Gasteiger partial charge on any atom is 0.224 e. The fourth-order valence-corrected chi connectivity index (χ4v) is 1.86. The number of rotatable bonds is 7. The molecule has 1 heterocycles. The molecule has 4 nitrogen and oxygen atoms in total. The van der Waals surface area contributed by atoms with E-state index in [0.29, 0.717) is 30.4 Å². The van der Waals surface area contributed by atoms with Gasteiger partial charge in [-0.3, -0.25) is 0 Å².